The van der Waals surface area contributed by atoms with Gasteiger partial charge in [-0.25, -0.2) is 4.99 Å². The number of alkyl halides is 3. The van der Waals surface area contributed by atoms with Crippen molar-refractivity contribution in [3.05, 3.63) is 16.4 Å². The van der Waals surface area contributed by atoms with Gasteiger partial charge in [0, 0.05) is 25.1 Å². The minimum absolute atomic E-state index is 0.00322. The number of ether oxygens (including phenoxy) is 2. The van der Waals surface area contributed by atoms with Crippen LogP contribution in [0.1, 0.15) is 20.3 Å². The molecule has 3 aliphatic rings. The van der Waals surface area contributed by atoms with Gasteiger partial charge in [-0.3, -0.25) is 14.8 Å². The van der Waals surface area contributed by atoms with Gasteiger partial charge in [0.25, 0.3) is 5.56 Å². The molecule has 170 valence electrons. The standard InChI is InChI=1S/C19H25F3N6O3/c1-11(2)17(23)25-15-8-28-13(19(20,21)22)3-4-27-16(29)7-14(24-18(27)28)26-5-6-30-9-12(26)10-31-15/h7,11-13,23H,3-6,8-10H2,1-2H3/t12-,13-/m0/s1. The third-order valence-electron chi connectivity index (χ3n) is 5.67. The Kier molecular flexibility index (Phi) is 5.67. The van der Waals surface area contributed by atoms with E-state index in [9.17, 15) is 18.0 Å². The summed E-state index contributed by atoms with van der Waals surface area (Å²) in [5.41, 5.74) is -0.397. The lowest BCUT2D eigenvalue weighted by Crippen LogP contribution is -2.56. The van der Waals surface area contributed by atoms with Gasteiger partial charge in [-0.2, -0.15) is 18.2 Å². The van der Waals surface area contributed by atoms with Crippen LogP contribution in [0.2, 0.25) is 0 Å². The molecule has 0 aliphatic carbocycles. The van der Waals surface area contributed by atoms with Gasteiger partial charge in [0.1, 0.15) is 24.3 Å². The van der Waals surface area contributed by atoms with Gasteiger partial charge in [-0.15, -0.1) is 0 Å². The molecule has 12 heteroatoms. The summed E-state index contributed by atoms with van der Waals surface area (Å²) in [5, 5.41) is 8.06. The van der Waals surface area contributed by atoms with E-state index < -0.39 is 17.8 Å². The Labute approximate surface area is 177 Å². The summed E-state index contributed by atoms with van der Waals surface area (Å²) in [6.45, 7) is 4.37. The number of fused-ring (bicyclic) bond motifs is 3. The SMILES string of the molecule is CC(C)C(=N)N=C1CN2c3nc(cc(=O)n3CC[C@H]2C(F)(F)F)N2CCOC[C@H]2CO1. The summed E-state index contributed by atoms with van der Waals surface area (Å²) in [6, 6.07) is -0.758. The molecule has 0 spiro atoms. The summed E-state index contributed by atoms with van der Waals surface area (Å²) < 4.78 is 54.3. The predicted octanol–water partition coefficient (Wildman–Crippen LogP) is 1.65. The molecule has 0 unspecified atom stereocenters. The minimum atomic E-state index is -4.53. The molecule has 2 bridgehead atoms. The molecule has 0 aromatic carbocycles. The van der Waals surface area contributed by atoms with Crippen molar-refractivity contribution in [1.82, 2.24) is 9.55 Å². The Morgan fingerprint density at radius 1 is 1.29 bits per heavy atom. The molecule has 9 nitrogen and oxygen atoms in total. The molecule has 1 saturated heterocycles. The van der Waals surface area contributed by atoms with Gasteiger partial charge in [-0.05, 0) is 6.42 Å². The molecule has 0 amide bonds. The second-order valence-electron chi connectivity index (χ2n) is 8.16. The zero-order valence-corrected chi connectivity index (χ0v) is 17.4. The van der Waals surface area contributed by atoms with Crippen LogP contribution in [-0.2, 0) is 16.0 Å². The zero-order valence-electron chi connectivity index (χ0n) is 17.4. The van der Waals surface area contributed by atoms with E-state index in [0.29, 0.717) is 25.6 Å². The Bertz CT molecular complexity index is 945. The zero-order chi connectivity index (χ0) is 22.3. The number of nitrogens with zero attached hydrogens (tertiary/aromatic N) is 5. The second-order valence-corrected chi connectivity index (χ2v) is 8.16. The highest BCUT2D eigenvalue weighted by molar-refractivity contribution is 5.95. The van der Waals surface area contributed by atoms with Gasteiger partial charge in [0.2, 0.25) is 11.8 Å². The van der Waals surface area contributed by atoms with Crippen LogP contribution in [-0.4, -0.2) is 72.5 Å². The number of rotatable bonds is 1. The molecule has 1 fully saturated rings. The van der Waals surface area contributed by atoms with Crippen LogP contribution in [0.15, 0.2) is 15.9 Å². The highest BCUT2D eigenvalue weighted by Gasteiger charge is 2.47. The number of hydrogen-bond acceptors (Lipinski definition) is 7. The molecule has 1 aromatic heterocycles. The number of hydrogen-bond donors (Lipinski definition) is 1. The lowest BCUT2D eigenvalue weighted by atomic mass is 10.1. The number of anilines is 2. The average Bonchev–Trinajstić information content (AvgIpc) is 2.71. The van der Waals surface area contributed by atoms with Gasteiger partial charge in [0.05, 0.1) is 25.8 Å². The number of aromatic nitrogens is 2. The molecular formula is C19H25F3N6O3. The van der Waals surface area contributed by atoms with E-state index in [0.717, 1.165) is 4.90 Å². The molecule has 0 saturated carbocycles. The normalized spacial score (nSPS) is 25.3. The van der Waals surface area contributed by atoms with Crippen molar-refractivity contribution in [1.29, 1.82) is 5.41 Å². The highest BCUT2D eigenvalue weighted by atomic mass is 19.4. The van der Waals surface area contributed by atoms with Crippen molar-refractivity contribution in [3.63, 3.8) is 0 Å². The van der Waals surface area contributed by atoms with Crippen molar-refractivity contribution in [2.24, 2.45) is 10.9 Å². The van der Waals surface area contributed by atoms with Crippen LogP contribution in [0.4, 0.5) is 24.9 Å². The molecular weight excluding hydrogens is 417 g/mol. The Morgan fingerprint density at radius 3 is 2.77 bits per heavy atom. The van der Waals surface area contributed by atoms with E-state index in [-0.39, 0.29) is 55.8 Å². The molecule has 31 heavy (non-hydrogen) atoms. The maximum Gasteiger partial charge on any atom is 0.408 e. The summed E-state index contributed by atoms with van der Waals surface area (Å²) in [7, 11) is 0. The van der Waals surface area contributed by atoms with Gasteiger partial charge >= 0.3 is 6.18 Å². The van der Waals surface area contributed by atoms with Gasteiger partial charge in [-0.1, -0.05) is 13.8 Å². The molecule has 0 radical (unpaired) electrons. The smallest absolute Gasteiger partial charge is 0.408 e. The van der Waals surface area contributed by atoms with E-state index in [1.165, 1.54) is 10.6 Å². The largest absolute Gasteiger partial charge is 0.477 e. The summed E-state index contributed by atoms with van der Waals surface area (Å²) in [4.78, 5) is 24.3. The van der Waals surface area contributed by atoms with Crippen LogP contribution < -0.4 is 15.4 Å². The topological polar surface area (TPSA) is 96.0 Å². The maximum absolute atomic E-state index is 13.9. The quantitative estimate of drug-likeness (QED) is 0.525. The van der Waals surface area contributed by atoms with Gasteiger partial charge in [0.15, 0.2) is 0 Å². The van der Waals surface area contributed by atoms with Crippen molar-refractivity contribution in [2.45, 2.75) is 45.1 Å². The molecule has 4 heterocycles. The van der Waals surface area contributed by atoms with Crippen LogP contribution in [0.3, 0.4) is 0 Å². The van der Waals surface area contributed by atoms with E-state index in [1.54, 1.807) is 13.8 Å². The van der Waals surface area contributed by atoms with E-state index in [2.05, 4.69) is 9.98 Å². The number of aliphatic imine (C=N–C) groups is 1. The number of nitrogens with one attached hydrogen (secondary N) is 1. The Hall–Kier alpha value is -2.63. The van der Waals surface area contributed by atoms with Crippen molar-refractivity contribution >= 4 is 23.5 Å². The fourth-order valence-electron chi connectivity index (χ4n) is 3.94. The first-order chi connectivity index (χ1) is 14.6. The summed E-state index contributed by atoms with van der Waals surface area (Å²) in [6.07, 6.45) is -4.81. The first-order valence-corrected chi connectivity index (χ1v) is 10.2. The first kappa shape index (κ1) is 21.6. The van der Waals surface area contributed by atoms with Crippen molar-refractivity contribution in [3.8, 4) is 0 Å². The highest BCUT2D eigenvalue weighted by Crippen LogP contribution is 2.35. The fraction of sp³-hybridized carbons (Fsp3) is 0.684. The van der Waals surface area contributed by atoms with E-state index >= 15 is 0 Å². The van der Waals surface area contributed by atoms with Crippen LogP contribution in [0.25, 0.3) is 0 Å². The molecule has 4 rings (SSSR count). The summed E-state index contributed by atoms with van der Waals surface area (Å²) in [5.74, 6) is 0.0317. The maximum atomic E-state index is 13.9. The van der Waals surface area contributed by atoms with Crippen LogP contribution >= 0.6 is 0 Å². The third-order valence-corrected chi connectivity index (χ3v) is 5.67. The lowest BCUT2D eigenvalue weighted by Gasteiger charge is -2.42. The van der Waals surface area contributed by atoms with Crippen LogP contribution in [0.5, 0.6) is 0 Å². The Balaban J connectivity index is 1.86. The Morgan fingerprint density at radius 2 is 2.06 bits per heavy atom. The molecule has 3 aliphatic heterocycles. The number of amidine groups is 1. The second kappa shape index (κ2) is 8.13. The van der Waals surface area contributed by atoms with E-state index in [4.69, 9.17) is 14.9 Å². The average molecular weight is 442 g/mol. The molecule has 1 aromatic rings. The predicted molar refractivity (Wildman–Crippen MR) is 108 cm³/mol. The summed E-state index contributed by atoms with van der Waals surface area (Å²) >= 11 is 0. The van der Waals surface area contributed by atoms with Gasteiger partial charge < -0.3 is 19.3 Å². The fourth-order valence-corrected chi connectivity index (χ4v) is 3.94. The lowest BCUT2D eigenvalue weighted by molar-refractivity contribution is -0.152. The first-order valence-electron chi connectivity index (χ1n) is 10.2. The third kappa shape index (κ3) is 4.25. The number of halogens is 3. The monoisotopic (exact) mass is 442 g/mol. The van der Waals surface area contributed by atoms with Crippen LogP contribution in [0, 0.1) is 11.3 Å². The van der Waals surface area contributed by atoms with Crippen molar-refractivity contribution < 1.29 is 22.6 Å². The number of morpholine rings is 1. The minimum Gasteiger partial charge on any atom is -0.477 e. The van der Waals surface area contributed by atoms with E-state index in [1.807, 2.05) is 4.90 Å². The molecule has 2 atom stereocenters. The van der Waals surface area contributed by atoms with Crippen molar-refractivity contribution in [2.75, 3.05) is 42.7 Å². The molecule has 1 N–H and O–H groups in total.